The van der Waals surface area contributed by atoms with Gasteiger partial charge < -0.3 is 10.1 Å². The van der Waals surface area contributed by atoms with Crippen molar-refractivity contribution in [2.45, 2.75) is 26.8 Å². The van der Waals surface area contributed by atoms with Gasteiger partial charge in [-0.2, -0.15) is 0 Å². The third-order valence-corrected chi connectivity index (χ3v) is 5.27. The first-order valence-corrected chi connectivity index (χ1v) is 10.3. The SMILES string of the molecule is Cc1ccc(C2=C(Nc3ccc(OC(F)(F)F)cc3)C(=O)N(Cc3ccncc3)C2=O)c(C)c1. The largest absolute Gasteiger partial charge is 0.573 e. The number of alkyl halides is 3. The van der Waals surface area contributed by atoms with Crippen LogP contribution in [0, 0.1) is 13.8 Å². The van der Waals surface area contributed by atoms with Crippen LogP contribution in [0.4, 0.5) is 18.9 Å². The molecule has 0 bridgehead atoms. The summed E-state index contributed by atoms with van der Waals surface area (Å²) in [5, 5.41) is 2.94. The first-order chi connectivity index (χ1) is 16.1. The molecule has 2 heterocycles. The highest BCUT2D eigenvalue weighted by Crippen LogP contribution is 2.34. The number of nitrogens with one attached hydrogen (secondary N) is 1. The maximum absolute atomic E-state index is 13.4. The van der Waals surface area contributed by atoms with Crippen LogP contribution in [0.2, 0.25) is 0 Å². The molecule has 3 aromatic rings. The van der Waals surface area contributed by atoms with Gasteiger partial charge in [0.25, 0.3) is 11.8 Å². The Balaban J connectivity index is 1.71. The summed E-state index contributed by atoms with van der Waals surface area (Å²) in [6.07, 6.45) is -1.67. The number of hydrogen-bond acceptors (Lipinski definition) is 5. The number of nitrogens with zero attached hydrogens (tertiary/aromatic N) is 2. The minimum Gasteiger partial charge on any atom is -0.406 e. The minimum atomic E-state index is -4.81. The summed E-state index contributed by atoms with van der Waals surface area (Å²) >= 11 is 0. The van der Waals surface area contributed by atoms with Gasteiger partial charge in [0.05, 0.1) is 12.1 Å². The fraction of sp³-hybridized carbons (Fsp3) is 0.160. The Morgan fingerprint density at radius 3 is 2.24 bits per heavy atom. The molecule has 174 valence electrons. The second-order valence-corrected chi connectivity index (χ2v) is 7.82. The highest BCUT2D eigenvalue weighted by atomic mass is 19.4. The van der Waals surface area contributed by atoms with Gasteiger partial charge in [0.15, 0.2) is 0 Å². The molecule has 2 aromatic carbocycles. The fourth-order valence-electron chi connectivity index (χ4n) is 3.73. The van der Waals surface area contributed by atoms with E-state index in [9.17, 15) is 22.8 Å². The molecule has 0 saturated carbocycles. The van der Waals surface area contributed by atoms with Crippen LogP contribution in [0.15, 0.2) is 72.7 Å². The highest BCUT2D eigenvalue weighted by molar-refractivity contribution is 6.36. The summed E-state index contributed by atoms with van der Waals surface area (Å²) in [6.45, 7) is 3.82. The number of benzene rings is 2. The van der Waals surface area contributed by atoms with Gasteiger partial charge in [0.1, 0.15) is 11.4 Å². The molecule has 1 aromatic heterocycles. The van der Waals surface area contributed by atoms with Gasteiger partial charge in [-0.15, -0.1) is 13.2 Å². The van der Waals surface area contributed by atoms with Crippen LogP contribution in [-0.4, -0.2) is 28.1 Å². The Morgan fingerprint density at radius 2 is 1.62 bits per heavy atom. The van der Waals surface area contributed by atoms with Crippen LogP contribution in [-0.2, 0) is 16.1 Å². The molecule has 0 radical (unpaired) electrons. The molecular weight excluding hydrogens is 447 g/mol. The van der Waals surface area contributed by atoms with Crippen LogP contribution in [0.5, 0.6) is 5.75 Å². The lowest BCUT2D eigenvalue weighted by Gasteiger charge is -2.15. The average Bonchev–Trinajstić information content (AvgIpc) is 2.99. The van der Waals surface area contributed by atoms with Crippen LogP contribution >= 0.6 is 0 Å². The second kappa shape index (κ2) is 9.01. The number of carbonyl (C=O) groups excluding carboxylic acids is 2. The van der Waals surface area contributed by atoms with E-state index in [0.29, 0.717) is 11.3 Å². The molecule has 1 aliphatic heterocycles. The van der Waals surface area contributed by atoms with E-state index in [-0.39, 0.29) is 17.8 Å². The van der Waals surface area contributed by atoms with Crippen molar-refractivity contribution in [1.82, 2.24) is 9.88 Å². The number of pyridine rings is 1. The van der Waals surface area contributed by atoms with Crippen LogP contribution in [0.3, 0.4) is 0 Å². The van der Waals surface area contributed by atoms with Crippen molar-refractivity contribution >= 4 is 23.1 Å². The number of aromatic nitrogens is 1. The maximum atomic E-state index is 13.4. The molecule has 34 heavy (non-hydrogen) atoms. The number of amides is 2. The Labute approximate surface area is 193 Å². The van der Waals surface area contributed by atoms with Gasteiger partial charge >= 0.3 is 6.36 Å². The second-order valence-electron chi connectivity index (χ2n) is 7.82. The number of carbonyl (C=O) groups is 2. The van der Waals surface area contributed by atoms with E-state index < -0.39 is 23.9 Å². The number of aryl methyl sites for hydroxylation is 2. The van der Waals surface area contributed by atoms with E-state index in [2.05, 4.69) is 15.0 Å². The van der Waals surface area contributed by atoms with Gasteiger partial charge in [0, 0.05) is 18.1 Å². The number of imide groups is 1. The highest BCUT2D eigenvalue weighted by Gasteiger charge is 2.39. The van der Waals surface area contributed by atoms with Gasteiger partial charge in [-0.05, 0) is 66.9 Å². The lowest BCUT2D eigenvalue weighted by Crippen LogP contribution is -2.32. The Hall–Kier alpha value is -4.14. The van der Waals surface area contributed by atoms with Gasteiger partial charge in [-0.3, -0.25) is 19.5 Å². The van der Waals surface area contributed by atoms with Gasteiger partial charge in [-0.25, -0.2) is 0 Å². The molecule has 9 heteroatoms. The summed E-state index contributed by atoms with van der Waals surface area (Å²) < 4.78 is 41.3. The monoisotopic (exact) mass is 467 g/mol. The Kier molecular flexibility index (Phi) is 6.10. The Morgan fingerprint density at radius 1 is 0.941 bits per heavy atom. The van der Waals surface area contributed by atoms with E-state index >= 15 is 0 Å². The molecule has 1 aliphatic rings. The smallest absolute Gasteiger partial charge is 0.406 e. The van der Waals surface area contributed by atoms with E-state index in [0.717, 1.165) is 33.7 Å². The van der Waals surface area contributed by atoms with Crippen molar-refractivity contribution in [3.05, 3.63) is 94.9 Å². The summed E-state index contributed by atoms with van der Waals surface area (Å²) in [7, 11) is 0. The topological polar surface area (TPSA) is 71.5 Å². The molecular formula is C25H20F3N3O3. The first-order valence-electron chi connectivity index (χ1n) is 10.3. The molecule has 4 rings (SSSR count). The standard InChI is InChI=1S/C25H20F3N3O3/c1-15-3-8-20(16(2)13-15)21-22(30-18-4-6-19(7-5-18)34-25(26,27)28)24(33)31(23(21)32)14-17-9-11-29-12-10-17/h3-13,30H,14H2,1-2H3. The fourth-order valence-corrected chi connectivity index (χ4v) is 3.73. The number of anilines is 1. The van der Waals surface area contributed by atoms with Gasteiger partial charge in [0.2, 0.25) is 0 Å². The average molecular weight is 467 g/mol. The molecule has 0 atom stereocenters. The molecule has 2 amide bonds. The van der Waals surface area contributed by atoms with Crippen molar-refractivity contribution < 1.29 is 27.5 Å². The third-order valence-electron chi connectivity index (χ3n) is 5.27. The summed E-state index contributed by atoms with van der Waals surface area (Å²) in [5.74, 6) is -1.39. The minimum absolute atomic E-state index is 0.0514. The molecule has 0 spiro atoms. The number of rotatable bonds is 6. The van der Waals surface area contributed by atoms with Crippen LogP contribution < -0.4 is 10.1 Å². The normalized spacial score (nSPS) is 14.1. The van der Waals surface area contributed by atoms with Crippen molar-refractivity contribution in [1.29, 1.82) is 0 Å². The number of ether oxygens (including phenoxy) is 1. The van der Waals surface area contributed by atoms with E-state index in [4.69, 9.17) is 0 Å². The van der Waals surface area contributed by atoms with E-state index in [1.54, 1.807) is 30.6 Å². The lowest BCUT2D eigenvalue weighted by molar-refractivity contribution is -0.274. The predicted octanol–water partition coefficient (Wildman–Crippen LogP) is 4.99. The van der Waals surface area contributed by atoms with Crippen molar-refractivity contribution in [2.75, 3.05) is 5.32 Å². The van der Waals surface area contributed by atoms with Crippen molar-refractivity contribution in [3.63, 3.8) is 0 Å². The quantitative estimate of drug-likeness (QED) is 0.518. The predicted molar refractivity (Wildman–Crippen MR) is 119 cm³/mol. The van der Waals surface area contributed by atoms with Crippen molar-refractivity contribution in [2.24, 2.45) is 0 Å². The van der Waals surface area contributed by atoms with Gasteiger partial charge in [-0.1, -0.05) is 23.8 Å². The summed E-state index contributed by atoms with van der Waals surface area (Å²) in [5.41, 5.74) is 3.73. The van der Waals surface area contributed by atoms with Crippen molar-refractivity contribution in [3.8, 4) is 5.75 Å². The molecule has 6 nitrogen and oxygen atoms in total. The van der Waals surface area contributed by atoms with E-state index in [1.165, 1.54) is 12.1 Å². The number of halogens is 3. The lowest BCUT2D eigenvalue weighted by atomic mass is 9.97. The summed E-state index contributed by atoms with van der Waals surface area (Å²) in [6, 6.07) is 13.9. The first kappa shape index (κ1) is 23.0. The molecule has 1 N–H and O–H groups in total. The molecule has 0 saturated heterocycles. The zero-order valence-corrected chi connectivity index (χ0v) is 18.3. The maximum Gasteiger partial charge on any atom is 0.573 e. The van der Waals surface area contributed by atoms with Crippen LogP contribution in [0.1, 0.15) is 22.3 Å². The number of hydrogen-bond donors (Lipinski definition) is 1. The summed E-state index contributed by atoms with van der Waals surface area (Å²) in [4.78, 5) is 31.8. The zero-order chi connectivity index (χ0) is 24.5. The molecule has 0 aliphatic carbocycles. The molecule has 0 unspecified atom stereocenters. The van der Waals surface area contributed by atoms with E-state index in [1.807, 2.05) is 26.0 Å². The van der Waals surface area contributed by atoms with Crippen LogP contribution in [0.25, 0.3) is 5.57 Å². The Bertz CT molecular complexity index is 1270. The molecule has 0 fully saturated rings. The third kappa shape index (κ3) is 4.93. The zero-order valence-electron chi connectivity index (χ0n) is 18.3.